The lowest BCUT2D eigenvalue weighted by molar-refractivity contribution is 0.0290. The molecular weight excluding hydrogens is 348 g/mol. The number of aromatic carboxylic acids is 1. The van der Waals surface area contributed by atoms with Crippen LogP contribution in [0, 0.1) is 12.8 Å². The normalized spacial score (nSPS) is 20.8. The van der Waals surface area contributed by atoms with Gasteiger partial charge in [-0.2, -0.15) is 0 Å². The van der Waals surface area contributed by atoms with Gasteiger partial charge in [0.05, 0.1) is 11.8 Å². The summed E-state index contributed by atoms with van der Waals surface area (Å²) < 4.78 is 5.85. The van der Waals surface area contributed by atoms with Gasteiger partial charge in [-0.25, -0.2) is 4.79 Å². The molecule has 0 saturated carbocycles. The van der Waals surface area contributed by atoms with Crippen molar-refractivity contribution in [1.29, 1.82) is 0 Å². The molecule has 2 aromatic heterocycles. The summed E-state index contributed by atoms with van der Waals surface area (Å²) in [4.78, 5) is 22.2. The summed E-state index contributed by atoms with van der Waals surface area (Å²) in [5, 5.41) is 9.49. The molecule has 5 nitrogen and oxygen atoms in total. The van der Waals surface area contributed by atoms with E-state index in [9.17, 15) is 9.90 Å². The molecule has 3 unspecified atom stereocenters. The lowest BCUT2D eigenvalue weighted by atomic mass is 9.87. The van der Waals surface area contributed by atoms with E-state index < -0.39 is 5.97 Å². The van der Waals surface area contributed by atoms with Crippen molar-refractivity contribution in [3.8, 4) is 0 Å². The fraction of sp³-hybridized carbons (Fsp3) is 0.450. The number of aromatic nitrogens is 1. The summed E-state index contributed by atoms with van der Waals surface area (Å²) in [5.74, 6) is -0.516. The molecule has 0 amide bonds. The van der Waals surface area contributed by atoms with Gasteiger partial charge in [0.1, 0.15) is 4.88 Å². The van der Waals surface area contributed by atoms with Crippen LogP contribution in [-0.4, -0.2) is 41.0 Å². The summed E-state index contributed by atoms with van der Waals surface area (Å²) in [6, 6.07) is 5.70. The number of aryl methyl sites for hydroxylation is 1. The van der Waals surface area contributed by atoms with Gasteiger partial charge in [0, 0.05) is 47.0 Å². The number of carboxylic acids is 1. The predicted octanol–water partition coefficient (Wildman–Crippen LogP) is 4.15. The van der Waals surface area contributed by atoms with E-state index in [2.05, 4.69) is 18.8 Å². The molecule has 3 atom stereocenters. The van der Waals surface area contributed by atoms with Crippen molar-refractivity contribution < 1.29 is 14.6 Å². The standard InChI is InChI=1S/C20H24N2O3S/c1-5-25-13(4)16-10-22-18(14-6-7-21-11(2)8-14)15-9-17(20(23)24)26-19(15)12(16)3/h6-9,12-13,16H,5,10H2,1-4H3,(H,23,24). The highest BCUT2D eigenvalue weighted by molar-refractivity contribution is 7.14. The second-order valence-corrected chi connectivity index (χ2v) is 7.77. The van der Waals surface area contributed by atoms with Crippen LogP contribution < -0.4 is 0 Å². The van der Waals surface area contributed by atoms with Gasteiger partial charge in [-0.1, -0.05) is 6.92 Å². The molecule has 0 radical (unpaired) electrons. The van der Waals surface area contributed by atoms with Crippen LogP contribution in [0.2, 0.25) is 0 Å². The van der Waals surface area contributed by atoms with Gasteiger partial charge in [0.15, 0.2) is 0 Å². The first kappa shape index (κ1) is 18.7. The maximum Gasteiger partial charge on any atom is 0.345 e. The summed E-state index contributed by atoms with van der Waals surface area (Å²) in [7, 11) is 0. The molecule has 0 aliphatic carbocycles. The number of carboxylic acid groups (broad SMARTS) is 1. The van der Waals surface area contributed by atoms with Gasteiger partial charge in [-0.15, -0.1) is 11.3 Å². The maximum absolute atomic E-state index is 11.6. The van der Waals surface area contributed by atoms with Crippen molar-refractivity contribution in [2.24, 2.45) is 10.9 Å². The van der Waals surface area contributed by atoms with Gasteiger partial charge in [-0.05, 0) is 44.9 Å². The van der Waals surface area contributed by atoms with Gasteiger partial charge in [0.2, 0.25) is 0 Å². The average Bonchev–Trinajstić information content (AvgIpc) is 2.98. The van der Waals surface area contributed by atoms with E-state index in [0.717, 1.165) is 27.4 Å². The van der Waals surface area contributed by atoms with Crippen molar-refractivity contribution >= 4 is 23.0 Å². The first-order chi connectivity index (χ1) is 12.4. The highest BCUT2D eigenvalue weighted by atomic mass is 32.1. The van der Waals surface area contributed by atoms with Crippen LogP contribution in [0.1, 0.15) is 58.1 Å². The molecule has 0 aromatic carbocycles. The number of aliphatic imine (C=N–C) groups is 1. The Kier molecular flexibility index (Phi) is 5.53. The van der Waals surface area contributed by atoms with E-state index in [1.807, 2.05) is 26.0 Å². The monoisotopic (exact) mass is 372 g/mol. The van der Waals surface area contributed by atoms with Gasteiger partial charge in [0.25, 0.3) is 0 Å². The summed E-state index contributed by atoms with van der Waals surface area (Å²) >= 11 is 1.36. The zero-order valence-electron chi connectivity index (χ0n) is 15.5. The minimum atomic E-state index is -0.894. The third kappa shape index (κ3) is 3.57. The van der Waals surface area contributed by atoms with E-state index in [-0.39, 0.29) is 17.9 Å². The van der Waals surface area contributed by atoms with Gasteiger partial charge in [-0.3, -0.25) is 9.98 Å². The number of fused-ring (bicyclic) bond motifs is 1. The van der Waals surface area contributed by atoms with Crippen LogP contribution in [0.25, 0.3) is 0 Å². The Morgan fingerprint density at radius 2 is 2.23 bits per heavy atom. The smallest absolute Gasteiger partial charge is 0.345 e. The van der Waals surface area contributed by atoms with E-state index in [4.69, 9.17) is 9.73 Å². The molecule has 0 spiro atoms. The minimum Gasteiger partial charge on any atom is -0.477 e. The quantitative estimate of drug-likeness (QED) is 0.856. The average molecular weight is 372 g/mol. The Labute approximate surface area is 157 Å². The third-order valence-electron chi connectivity index (χ3n) is 4.95. The summed E-state index contributed by atoms with van der Waals surface area (Å²) in [6.07, 6.45) is 1.83. The van der Waals surface area contributed by atoms with Crippen LogP contribution in [0.4, 0.5) is 0 Å². The number of nitrogens with zero attached hydrogens (tertiary/aromatic N) is 2. The minimum absolute atomic E-state index is 0.0560. The number of thiophene rings is 1. The largest absolute Gasteiger partial charge is 0.477 e. The van der Waals surface area contributed by atoms with Crippen molar-refractivity contribution in [3.63, 3.8) is 0 Å². The van der Waals surface area contributed by atoms with E-state index in [1.54, 1.807) is 12.3 Å². The molecule has 0 bridgehead atoms. The molecule has 26 heavy (non-hydrogen) atoms. The van der Waals surface area contributed by atoms with Crippen LogP contribution in [0.3, 0.4) is 0 Å². The third-order valence-corrected chi connectivity index (χ3v) is 6.27. The number of carbonyl (C=O) groups is 1. The Bertz CT molecular complexity index is 843. The maximum atomic E-state index is 11.6. The highest BCUT2D eigenvalue weighted by Gasteiger charge is 2.33. The number of ether oxygens (including phenoxy) is 1. The molecule has 6 heteroatoms. The van der Waals surface area contributed by atoms with E-state index in [0.29, 0.717) is 18.0 Å². The second-order valence-electron chi connectivity index (χ2n) is 6.68. The fourth-order valence-electron chi connectivity index (χ4n) is 3.55. The van der Waals surface area contributed by atoms with E-state index >= 15 is 0 Å². The SMILES string of the molecule is CCOC(C)C1CN=C(c2ccnc(C)c2)c2cc(C(=O)O)sc2C1C. The van der Waals surface area contributed by atoms with Gasteiger partial charge < -0.3 is 9.84 Å². The molecule has 1 aliphatic rings. The number of rotatable bonds is 5. The van der Waals surface area contributed by atoms with Crippen LogP contribution in [0.15, 0.2) is 29.4 Å². The second kappa shape index (κ2) is 7.68. The Balaban J connectivity index is 2.13. The Morgan fingerprint density at radius 3 is 2.88 bits per heavy atom. The predicted molar refractivity (Wildman–Crippen MR) is 104 cm³/mol. The summed E-state index contributed by atoms with van der Waals surface area (Å²) in [6.45, 7) is 9.47. The zero-order chi connectivity index (χ0) is 18.8. The number of hydrogen-bond acceptors (Lipinski definition) is 5. The van der Waals surface area contributed by atoms with Crippen LogP contribution >= 0.6 is 11.3 Å². The van der Waals surface area contributed by atoms with Crippen LogP contribution in [-0.2, 0) is 4.74 Å². The number of hydrogen-bond donors (Lipinski definition) is 1. The molecular formula is C20H24N2O3S. The van der Waals surface area contributed by atoms with Crippen molar-refractivity contribution in [2.75, 3.05) is 13.2 Å². The Hall–Kier alpha value is -2.05. The molecule has 1 N–H and O–H groups in total. The molecule has 2 aromatic rings. The fourth-order valence-corrected chi connectivity index (χ4v) is 4.68. The lowest BCUT2D eigenvalue weighted by Gasteiger charge is -2.26. The number of pyridine rings is 1. The van der Waals surface area contributed by atoms with Crippen molar-refractivity contribution in [2.45, 2.75) is 39.7 Å². The summed E-state index contributed by atoms with van der Waals surface area (Å²) in [5.41, 5.74) is 3.67. The highest BCUT2D eigenvalue weighted by Crippen LogP contribution is 2.39. The van der Waals surface area contributed by atoms with Crippen molar-refractivity contribution in [3.05, 3.63) is 51.0 Å². The molecule has 3 rings (SSSR count). The topological polar surface area (TPSA) is 71.8 Å². The lowest BCUT2D eigenvalue weighted by Crippen LogP contribution is -2.27. The van der Waals surface area contributed by atoms with Gasteiger partial charge >= 0.3 is 5.97 Å². The first-order valence-electron chi connectivity index (χ1n) is 8.88. The van der Waals surface area contributed by atoms with E-state index in [1.165, 1.54) is 11.3 Å². The molecule has 138 valence electrons. The molecule has 0 fully saturated rings. The molecule has 3 heterocycles. The molecule has 0 saturated heterocycles. The molecule has 1 aliphatic heterocycles. The van der Waals surface area contributed by atoms with Crippen molar-refractivity contribution in [1.82, 2.24) is 4.98 Å². The Morgan fingerprint density at radius 1 is 1.46 bits per heavy atom. The van der Waals surface area contributed by atoms with Crippen LogP contribution in [0.5, 0.6) is 0 Å². The first-order valence-corrected chi connectivity index (χ1v) is 9.70. The zero-order valence-corrected chi connectivity index (χ0v) is 16.3.